The van der Waals surface area contributed by atoms with Crippen LogP contribution >= 0.6 is 0 Å². The van der Waals surface area contributed by atoms with Crippen molar-refractivity contribution >= 4 is 43.7 Å². The number of ether oxygens (including phenoxy) is 1. The molecule has 7 rings (SSSR count). The fourth-order valence-electron chi connectivity index (χ4n) is 8.04. The van der Waals surface area contributed by atoms with Crippen LogP contribution in [-0.4, -0.2) is 122 Å². The van der Waals surface area contributed by atoms with Gasteiger partial charge < -0.3 is 19.8 Å². The summed E-state index contributed by atoms with van der Waals surface area (Å²) >= 11 is 0. The topological polar surface area (TPSA) is 269 Å². The number of nitrogens with zero attached hydrogens (tertiary/aromatic N) is 4. The summed E-state index contributed by atoms with van der Waals surface area (Å²) in [6.07, 6.45) is 9.80. The Bertz CT molecular complexity index is 2940. The minimum absolute atomic E-state index is 0.00758. The van der Waals surface area contributed by atoms with E-state index >= 15 is 0 Å². The fourth-order valence-corrected chi connectivity index (χ4v) is 9.73. The first kappa shape index (κ1) is 50.3. The Hall–Kier alpha value is -6.09. The van der Waals surface area contributed by atoms with E-state index in [0.717, 1.165) is 54.2 Å². The zero-order valence-electron chi connectivity index (χ0n) is 37.3. The van der Waals surface area contributed by atoms with Gasteiger partial charge in [-0.25, -0.2) is 41.8 Å². The van der Waals surface area contributed by atoms with Crippen LogP contribution in [0.25, 0.3) is 17.3 Å². The Labute approximate surface area is 386 Å². The van der Waals surface area contributed by atoms with Gasteiger partial charge in [-0.2, -0.15) is 0 Å². The van der Waals surface area contributed by atoms with Gasteiger partial charge in [0.2, 0.25) is 0 Å². The lowest BCUT2D eigenvalue weighted by Gasteiger charge is -2.40. The second-order valence-corrected chi connectivity index (χ2v) is 22.2. The molecular weight excluding hydrogens is 916 g/mol. The van der Waals surface area contributed by atoms with Crippen molar-refractivity contribution in [3.05, 3.63) is 105 Å². The van der Waals surface area contributed by atoms with Crippen molar-refractivity contribution < 1.29 is 61.0 Å². The van der Waals surface area contributed by atoms with Crippen LogP contribution in [0, 0.1) is 17.7 Å². The molecule has 0 spiro atoms. The number of aromatic nitrogens is 3. The van der Waals surface area contributed by atoms with Crippen molar-refractivity contribution in [2.45, 2.75) is 80.4 Å². The second kappa shape index (κ2) is 19.6. The van der Waals surface area contributed by atoms with Gasteiger partial charge in [-0.1, -0.05) is 30.4 Å². The van der Waals surface area contributed by atoms with Crippen molar-refractivity contribution in [2.24, 2.45) is 0 Å². The van der Waals surface area contributed by atoms with Gasteiger partial charge in [-0.15, -0.1) is 0 Å². The summed E-state index contributed by atoms with van der Waals surface area (Å²) in [5.74, 6) is 3.84. The Morgan fingerprint density at radius 2 is 1.49 bits per heavy atom. The van der Waals surface area contributed by atoms with Gasteiger partial charge in [0.05, 0.1) is 19.8 Å². The van der Waals surface area contributed by atoms with Crippen LogP contribution < -0.4 is 21.4 Å². The minimum Gasteiger partial charge on any atom is -0.491 e. The average Bonchev–Trinajstić information content (AvgIpc) is 4.03. The standard InChI is InChI=1S/C25H29N3O6S.C20H24FN3O7S/c1-24(22(30)26-32,35(2,33)34)12-13-27-16-21-14-19(15-28(21)23(27)31)5-4-18-6-8-20(9-7-18)25(17-29)10-3-11-25;1-20(18(26)22-28,32(2,29)30)5-6-23-12-14-9-13(11-24(14)19(23)27)16-4-3-15(10-17(16)21)31-8-7-25/h6-9,15-16,29,32H,3,10-14,17H2,1-2H3,(H,26,30);3-4,9-11,25,28H,5-8,12H2,1-2H3,(H,22,26)/t24-;20-/m11/s1. The van der Waals surface area contributed by atoms with E-state index in [-0.39, 0.29) is 74.7 Å². The second-order valence-electron chi connectivity index (χ2n) is 17.3. The van der Waals surface area contributed by atoms with Gasteiger partial charge in [0.15, 0.2) is 29.2 Å². The third kappa shape index (κ3) is 10.1. The molecule has 4 aromatic rings. The van der Waals surface area contributed by atoms with Gasteiger partial charge in [0.1, 0.15) is 18.2 Å². The molecule has 67 heavy (non-hydrogen) atoms. The summed E-state index contributed by atoms with van der Waals surface area (Å²) in [6, 6.07) is 13.4. The number of benzene rings is 2. The van der Waals surface area contributed by atoms with Crippen molar-refractivity contribution in [2.75, 3.05) is 38.9 Å². The minimum atomic E-state index is -3.88. The summed E-state index contributed by atoms with van der Waals surface area (Å²) in [5, 5.41) is 36.4. The SMILES string of the molecule is C[C@@](CCN1Cc2cc(-c3ccc(OCCO)cc3F)cn2C1=O)(C(=O)NO)S(C)(=O)=O.C[C@@](CCn1cc2n(c1=O)C=C(C#Cc1ccc(C3(CO)CCC3)cc1)C2)(C(=O)NO)S(C)(=O)=O. The summed E-state index contributed by atoms with van der Waals surface area (Å²) < 4.78 is 68.5. The molecule has 22 heteroatoms. The number of imidazole rings is 1. The molecule has 2 atom stereocenters. The van der Waals surface area contributed by atoms with Crippen LogP contribution in [0.5, 0.6) is 5.75 Å². The number of rotatable bonds is 16. The number of carbonyl (C=O) groups is 3. The van der Waals surface area contributed by atoms with Crippen molar-refractivity contribution in [1.29, 1.82) is 0 Å². The molecule has 1 fully saturated rings. The molecule has 2 aliphatic heterocycles. The molecule has 3 amide bonds. The van der Waals surface area contributed by atoms with E-state index in [1.54, 1.807) is 24.5 Å². The van der Waals surface area contributed by atoms with Crippen molar-refractivity contribution in [3.8, 4) is 28.7 Å². The lowest BCUT2D eigenvalue weighted by Crippen LogP contribution is -2.50. The first-order chi connectivity index (χ1) is 31.5. The van der Waals surface area contributed by atoms with Crippen LogP contribution in [0.15, 0.2) is 71.3 Å². The van der Waals surface area contributed by atoms with Crippen molar-refractivity contribution in [1.82, 2.24) is 29.6 Å². The molecule has 2 aromatic carbocycles. The number of amides is 3. The number of allylic oxidation sites excluding steroid dienone is 1. The Morgan fingerprint density at radius 1 is 0.866 bits per heavy atom. The number of aryl methyl sites for hydroxylation is 1. The van der Waals surface area contributed by atoms with E-state index in [9.17, 15) is 45.5 Å². The molecule has 19 nitrogen and oxygen atoms in total. The molecule has 0 bridgehead atoms. The van der Waals surface area contributed by atoms with Crippen LogP contribution in [0.1, 0.15) is 68.5 Å². The number of sulfone groups is 2. The third-order valence-corrected chi connectivity index (χ3v) is 17.1. The molecule has 0 saturated heterocycles. The Kier molecular flexibility index (Phi) is 14.7. The van der Waals surface area contributed by atoms with Gasteiger partial charge in [-0.05, 0) is 75.4 Å². The predicted octanol–water partition coefficient (Wildman–Crippen LogP) is 2.36. The highest BCUT2D eigenvalue weighted by Gasteiger charge is 2.45. The van der Waals surface area contributed by atoms with Gasteiger partial charge in [-0.3, -0.25) is 33.7 Å². The smallest absolute Gasteiger partial charge is 0.332 e. The van der Waals surface area contributed by atoms with Crippen LogP contribution in [-0.2, 0) is 54.2 Å². The maximum absolute atomic E-state index is 14.5. The molecule has 4 heterocycles. The van der Waals surface area contributed by atoms with E-state index in [4.69, 9.17) is 20.3 Å². The zero-order valence-corrected chi connectivity index (χ0v) is 38.9. The molecule has 360 valence electrons. The first-order valence-electron chi connectivity index (χ1n) is 21.1. The lowest BCUT2D eigenvalue weighted by atomic mass is 9.65. The third-order valence-electron chi connectivity index (χ3n) is 13.0. The highest BCUT2D eigenvalue weighted by Crippen LogP contribution is 2.43. The predicted molar refractivity (Wildman–Crippen MR) is 242 cm³/mol. The van der Waals surface area contributed by atoms with Crippen LogP contribution in [0.4, 0.5) is 9.18 Å². The monoisotopic (exact) mass is 968 g/mol. The number of aliphatic hydroxyl groups is 2. The quantitative estimate of drug-likeness (QED) is 0.0536. The Balaban J connectivity index is 0.000000222. The van der Waals surface area contributed by atoms with E-state index in [1.807, 2.05) is 24.3 Å². The van der Waals surface area contributed by atoms with E-state index in [0.29, 0.717) is 17.7 Å². The number of nitrogens with one attached hydrogen (secondary N) is 2. The number of hydrogen-bond donors (Lipinski definition) is 6. The fraction of sp³-hybridized carbons (Fsp3) is 0.422. The van der Waals surface area contributed by atoms with Crippen molar-refractivity contribution in [3.63, 3.8) is 0 Å². The number of hydroxylamine groups is 2. The van der Waals surface area contributed by atoms with Gasteiger partial charge >= 0.3 is 11.7 Å². The van der Waals surface area contributed by atoms with Crippen LogP contribution in [0.3, 0.4) is 0 Å². The molecular formula is C45H53FN6O13S2. The molecule has 6 N–H and O–H groups in total. The Morgan fingerprint density at radius 3 is 2.00 bits per heavy atom. The number of carbonyl (C=O) groups excluding carboxylic acids is 3. The van der Waals surface area contributed by atoms with Gasteiger partial charge in [0, 0.05) is 95.7 Å². The molecule has 0 unspecified atom stereocenters. The first-order valence-corrected chi connectivity index (χ1v) is 24.9. The maximum atomic E-state index is 14.5. The highest BCUT2D eigenvalue weighted by atomic mass is 32.2. The van der Waals surface area contributed by atoms with Crippen LogP contribution in [0.2, 0.25) is 0 Å². The summed E-state index contributed by atoms with van der Waals surface area (Å²) in [7, 11) is -7.72. The average molecular weight is 969 g/mol. The van der Waals surface area contributed by atoms with E-state index in [1.165, 1.54) is 61.7 Å². The molecule has 0 radical (unpaired) electrons. The number of halogens is 1. The molecule has 3 aliphatic rings. The molecule has 1 aliphatic carbocycles. The summed E-state index contributed by atoms with van der Waals surface area (Å²) in [5.41, 5.74) is 7.14. The normalized spacial score (nSPS) is 16.7. The molecule has 1 saturated carbocycles. The van der Waals surface area contributed by atoms with Gasteiger partial charge in [0.25, 0.3) is 11.8 Å². The number of hydrogen-bond acceptors (Lipinski definition) is 13. The largest absolute Gasteiger partial charge is 0.491 e. The molecule has 2 aromatic heterocycles. The van der Waals surface area contributed by atoms with E-state index < -0.39 is 52.8 Å². The number of fused-ring (bicyclic) bond motifs is 2. The summed E-state index contributed by atoms with van der Waals surface area (Å²) in [6.45, 7) is 2.51. The number of aliphatic hydroxyl groups excluding tert-OH is 2. The highest BCUT2D eigenvalue weighted by molar-refractivity contribution is 7.93. The zero-order chi connectivity index (χ0) is 49.1. The maximum Gasteiger partial charge on any atom is 0.332 e. The lowest BCUT2D eigenvalue weighted by molar-refractivity contribution is -0.132. The summed E-state index contributed by atoms with van der Waals surface area (Å²) in [4.78, 5) is 50.9. The van der Waals surface area contributed by atoms with E-state index in [2.05, 4.69) is 11.8 Å².